The van der Waals surface area contributed by atoms with E-state index in [0.29, 0.717) is 0 Å². The van der Waals surface area contributed by atoms with Crippen LogP contribution in [0.1, 0.15) is 10.4 Å². The van der Waals surface area contributed by atoms with Gasteiger partial charge in [-0.05, 0) is 46.3 Å². The van der Waals surface area contributed by atoms with Crippen LogP contribution in [0.4, 0.5) is 20.2 Å². The molecule has 0 aliphatic rings. The van der Waals surface area contributed by atoms with Crippen molar-refractivity contribution in [2.24, 2.45) is 0 Å². The van der Waals surface area contributed by atoms with Gasteiger partial charge in [0, 0.05) is 0 Å². The minimum absolute atomic E-state index is 0.0440. The van der Waals surface area contributed by atoms with Crippen LogP contribution in [0.5, 0.6) is 0 Å². The highest BCUT2D eigenvalue weighted by atomic mass is 79.9. The zero-order valence-corrected chi connectivity index (χ0v) is 11.2. The summed E-state index contributed by atoms with van der Waals surface area (Å²) >= 11 is 2.99. The van der Waals surface area contributed by atoms with Crippen molar-refractivity contribution in [3.05, 3.63) is 58.1 Å². The van der Waals surface area contributed by atoms with Crippen LogP contribution in [-0.2, 0) is 0 Å². The Labute approximate surface area is 116 Å². The van der Waals surface area contributed by atoms with Crippen molar-refractivity contribution < 1.29 is 13.6 Å². The van der Waals surface area contributed by atoms with Crippen LogP contribution < -0.4 is 11.1 Å². The van der Waals surface area contributed by atoms with Gasteiger partial charge in [0.2, 0.25) is 0 Å². The fraction of sp³-hybridized carbons (Fsp3) is 0. The van der Waals surface area contributed by atoms with Gasteiger partial charge in [0.1, 0.15) is 11.6 Å². The summed E-state index contributed by atoms with van der Waals surface area (Å²) in [5.41, 5.74) is 6.08. The smallest absolute Gasteiger partial charge is 0.256 e. The van der Waals surface area contributed by atoms with E-state index >= 15 is 0 Å². The van der Waals surface area contributed by atoms with E-state index in [1.807, 2.05) is 0 Å². The average molecular weight is 327 g/mol. The van der Waals surface area contributed by atoms with E-state index in [1.54, 1.807) is 0 Å². The summed E-state index contributed by atoms with van der Waals surface area (Å²) in [5.74, 6) is -1.66. The van der Waals surface area contributed by atoms with Crippen molar-refractivity contribution in [2.75, 3.05) is 11.1 Å². The van der Waals surface area contributed by atoms with Crippen molar-refractivity contribution in [3.8, 4) is 0 Å². The summed E-state index contributed by atoms with van der Waals surface area (Å²) in [7, 11) is 0. The summed E-state index contributed by atoms with van der Waals surface area (Å²) in [6.07, 6.45) is 0. The average Bonchev–Trinajstić information content (AvgIpc) is 2.37. The number of carbonyl (C=O) groups excluding carboxylic acids is 1. The van der Waals surface area contributed by atoms with E-state index in [9.17, 15) is 13.6 Å². The Morgan fingerprint density at radius 3 is 2.68 bits per heavy atom. The van der Waals surface area contributed by atoms with Crippen LogP contribution in [0.3, 0.4) is 0 Å². The summed E-state index contributed by atoms with van der Waals surface area (Å²) in [6, 6.07) is 7.69. The van der Waals surface area contributed by atoms with Crippen molar-refractivity contribution in [1.82, 2.24) is 0 Å². The molecule has 0 bridgehead atoms. The van der Waals surface area contributed by atoms with E-state index in [0.717, 1.165) is 6.07 Å². The summed E-state index contributed by atoms with van der Waals surface area (Å²) in [6.45, 7) is 0. The van der Waals surface area contributed by atoms with Gasteiger partial charge >= 0.3 is 0 Å². The third-order valence-corrected chi connectivity index (χ3v) is 3.27. The third-order valence-electron chi connectivity index (χ3n) is 2.46. The molecule has 0 unspecified atom stereocenters. The molecule has 0 saturated heterocycles. The first-order valence-corrected chi connectivity index (χ1v) is 6.08. The van der Waals surface area contributed by atoms with Gasteiger partial charge in [-0.2, -0.15) is 0 Å². The summed E-state index contributed by atoms with van der Waals surface area (Å²) < 4.78 is 26.4. The molecule has 0 radical (unpaired) electrons. The molecular formula is C13H9BrF2N2O. The SMILES string of the molecule is Nc1ccc(F)cc1NC(=O)c1cccc(F)c1Br. The number of halogens is 3. The third kappa shape index (κ3) is 2.90. The minimum atomic E-state index is -0.580. The molecule has 0 saturated carbocycles. The number of amides is 1. The molecule has 0 heterocycles. The first kappa shape index (κ1) is 13.5. The molecule has 98 valence electrons. The maximum atomic E-state index is 13.3. The van der Waals surface area contributed by atoms with E-state index in [4.69, 9.17) is 5.73 Å². The molecule has 2 aromatic carbocycles. The summed E-state index contributed by atoms with van der Waals surface area (Å²) in [5, 5.41) is 2.43. The first-order chi connectivity index (χ1) is 8.99. The van der Waals surface area contributed by atoms with E-state index in [1.165, 1.54) is 30.3 Å². The Hall–Kier alpha value is -1.95. The molecule has 0 aliphatic carbocycles. The number of benzene rings is 2. The predicted molar refractivity (Wildman–Crippen MR) is 72.9 cm³/mol. The molecule has 2 aromatic rings. The van der Waals surface area contributed by atoms with E-state index in [2.05, 4.69) is 21.2 Å². The van der Waals surface area contributed by atoms with E-state index in [-0.39, 0.29) is 21.4 Å². The number of hydrogen-bond donors (Lipinski definition) is 2. The number of nitrogen functional groups attached to an aromatic ring is 1. The maximum absolute atomic E-state index is 13.3. The standard InChI is InChI=1S/C13H9BrF2N2O/c14-12-8(2-1-3-9(12)16)13(19)18-11-6-7(15)4-5-10(11)17/h1-6H,17H2,(H,18,19). The Morgan fingerprint density at radius 1 is 1.21 bits per heavy atom. The molecule has 3 nitrogen and oxygen atoms in total. The molecule has 0 aliphatic heterocycles. The lowest BCUT2D eigenvalue weighted by Gasteiger charge is -2.09. The molecule has 2 rings (SSSR count). The molecule has 0 spiro atoms. The van der Waals surface area contributed by atoms with Crippen LogP contribution in [0.2, 0.25) is 0 Å². The molecule has 3 N–H and O–H groups in total. The number of hydrogen-bond acceptors (Lipinski definition) is 2. The number of nitrogens with one attached hydrogen (secondary N) is 1. The molecule has 0 atom stereocenters. The van der Waals surface area contributed by atoms with Crippen LogP contribution in [0.25, 0.3) is 0 Å². The first-order valence-electron chi connectivity index (χ1n) is 5.29. The van der Waals surface area contributed by atoms with Crippen LogP contribution in [0, 0.1) is 11.6 Å². The van der Waals surface area contributed by atoms with Gasteiger partial charge in [0.15, 0.2) is 0 Å². The molecule has 1 amide bonds. The molecule has 6 heteroatoms. The number of anilines is 2. The monoisotopic (exact) mass is 326 g/mol. The highest BCUT2D eigenvalue weighted by Gasteiger charge is 2.14. The van der Waals surface area contributed by atoms with Gasteiger partial charge in [-0.25, -0.2) is 8.78 Å². The highest BCUT2D eigenvalue weighted by molar-refractivity contribution is 9.10. The predicted octanol–water partition coefficient (Wildman–Crippen LogP) is 3.56. The Balaban J connectivity index is 2.31. The van der Waals surface area contributed by atoms with Gasteiger partial charge in [0.25, 0.3) is 5.91 Å². The second-order valence-corrected chi connectivity index (χ2v) is 4.58. The Morgan fingerprint density at radius 2 is 1.95 bits per heavy atom. The van der Waals surface area contributed by atoms with Crippen LogP contribution in [0.15, 0.2) is 40.9 Å². The van der Waals surface area contributed by atoms with Crippen LogP contribution >= 0.6 is 15.9 Å². The van der Waals surface area contributed by atoms with E-state index < -0.39 is 17.5 Å². The lowest BCUT2D eigenvalue weighted by atomic mass is 10.2. The number of rotatable bonds is 2. The van der Waals surface area contributed by atoms with Gasteiger partial charge in [0.05, 0.1) is 21.4 Å². The molecule has 0 fully saturated rings. The largest absolute Gasteiger partial charge is 0.397 e. The van der Waals surface area contributed by atoms with Crippen LogP contribution in [-0.4, -0.2) is 5.91 Å². The van der Waals surface area contributed by atoms with Crippen molar-refractivity contribution in [1.29, 1.82) is 0 Å². The molecule has 19 heavy (non-hydrogen) atoms. The quantitative estimate of drug-likeness (QED) is 0.829. The molecule has 0 aromatic heterocycles. The van der Waals surface area contributed by atoms with Crippen molar-refractivity contribution >= 4 is 33.2 Å². The zero-order valence-electron chi connectivity index (χ0n) is 9.58. The number of nitrogens with two attached hydrogens (primary N) is 1. The lowest BCUT2D eigenvalue weighted by molar-refractivity contribution is 0.102. The number of carbonyl (C=O) groups is 1. The minimum Gasteiger partial charge on any atom is -0.397 e. The highest BCUT2D eigenvalue weighted by Crippen LogP contribution is 2.24. The summed E-state index contributed by atoms with van der Waals surface area (Å²) in [4.78, 5) is 12.0. The lowest BCUT2D eigenvalue weighted by Crippen LogP contribution is -2.14. The maximum Gasteiger partial charge on any atom is 0.256 e. The topological polar surface area (TPSA) is 55.1 Å². The van der Waals surface area contributed by atoms with Crippen molar-refractivity contribution in [2.45, 2.75) is 0 Å². The van der Waals surface area contributed by atoms with Gasteiger partial charge in [-0.1, -0.05) is 6.07 Å². The second kappa shape index (κ2) is 5.36. The molecular weight excluding hydrogens is 318 g/mol. The Bertz CT molecular complexity index is 647. The fourth-order valence-corrected chi connectivity index (χ4v) is 1.95. The van der Waals surface area contributed by atoms with Crippen molar-refractivity contribution in [3.63, 3.8) is 0 Å². The fourth-order valence-electron chi connectivity index (χ4n) is 1.51. The second-order valence-electron chi connectivity index (χ2n) is 3.79. The zero-order chi connectivity index (χ0) is 14.0. The van der Waals surface area contributed by atoms with Gasteiger partial charge in [-0.15, -0.1) is 0 Å². The van der Waals surface area contributed by atoms with Gasteiger partial charge in [-0.3, -0.25) is 4.79 Å². The Kier molecular flexibility index (Phi) is 3.80. The normalized spacial score (nSPS) is 10.3. The van der Waals surface area contributed by atoms with Gasteiger partial charge < -0.3 is 11.1 Å².